The summed E-state index contributed by atoms with van der Waals surface area (Å²) in [5, 5.41) is 4.94. The second-order valence-corrected chi connectivity index (χ2v) is 9.69. The Morgan fingerprint density at radius 3 is 2.48 bits per heavy atom. The number of rotatable bonds is 9. The SMILES string of the molecule is CCCCCCNC(=O)C[NH+]1CCN(S(=O)(=O)c2ccc3ccccc3c2)CC1. The highest BCUT2D eigenvalue weighted by Gasteiger charge is 2.31. The van der Waals surface area contributed by atoms with Crippen LogP contribution in [0.4, 0.5) is 0 Å². The molecule has 0 atom stereocenters. The van der Waals surface area contributed by atoms with Crippen molar-refractivity contribution in [1.29, 1.82) is 0 Å². The maximum Gasteiger partial charge on any atom is 0.275 e. The van der Waals surface area contributed by atoms with Crippen LogP contribution in [0.5, 0.6) is 0 Å². The number of fused-ring (bicyclic) bond motifs is 1. The molecule has 6 nitrogen and oxygen atoms in total. The lowest BCUT2D eigenvalue weighted by atomic mass is 10.1. The van der Waals surface area contributed by atoms with Crippen LogP contribution in [0.2, 0.25) is 0 Å². The minimum Gasteiger partial charge on any atom is -0.351 e. The van der Waals surface area contributed by atoms with Crippen LogP contribution in [0.25, 0.3) is 10.8 Å². The van der Waals surface area contributed by atoms with Crippen molar-refractivity contribution in [2.75, 3.05) is 39.3 Å². The van der Waals surface area contributed by atoms with Gasteiger partial charge in [-0.3, -0.25) is 4.79 Å². The molecule has 2 aromatic carbocycles. The highest BCUT2D eigenvalue weighted by Crippen LogP contribution is 2.21. The fourth-order valence-electron chi connectivity index (χ4n) is 3.77. The third-order valence-electron chi connectivity index (χ3n) is 5.55. The molecular formula is C22H32N3O3S+. The lowest BCUT2D eigenvalue weighted by molar-refractivity contribution is -0.895. The van der Waals surface area contributed by atoms with Crippen molar-refractivity contribution in [2.24, 2.45) is 0 Å². The molecule has 158 valence electrons. The average molecular weight is 419 g/mol. The molecule has 0 bridgehead atoms. The number of nitrogens with zero attached hydrogens (tertiary/aromatic N) is 1. The molecule has 1 amide bonds. The van der Waals surface area contributed by atoms with Gasteiger partial charge in [0.2, 0.25) is 10.0 Å². The number of unbranched alkanes of at least 4 members (excludes halogenated alkanes) is 3. The van der Waals surface area contributed by atoms with Gasteiger partial charge < -0.3 is 10.2 Å². The van der Waals surface area contributed by atoms with Gasteiger partial charge in [0.05, 0.1) is 31.1 Å². The normalized spacial score (nSPS) is 16.2. The van der Waals surface area contributed by atoms with Gasteiger partial charge in [-0.05, 0) is 29.3 Å². The quantitative estimate of drug-likeness (QED) is 0.605. The molecule has 1 aliphatic heterocycles. The van der Waals surface area contributed by atoms with Crippen LogP contribution in [0, 0.1) is 0 Å². The number of hydrogen-bond acceptors (Lipinski definition) is 3. The van der Waals surface area contributed by atoms with Crippen LogP contribution in [-0.4, -0.2) is 57.9 Å². The number of quaternary nitrogens is 1. The van der Waals surface area contributed by atoms with Gasteiger partial charge in [0.1, 0.15) is 0 Å². The van der Waals surface area contributed by atoms with Crippen molar-refractivity contribution in [3.05, 3.63) is 42.5 Å². The summed E-state index contributed by atoms with van der Waals surface area (Å²) >= 11 is 0. The van der Waals surface area contributed by atoms with E-state index in [1.807, 2.05) is 30.3 Å². The number of piperazine rings is 1. The minimum atomic E-state index is -3.51. The van der Waals surface area contributed by atoms with Gasteiger partial charge in [0, 0.05) is 6.54 Å². The zero-order valence-electron chi connectivity index (χ0n) is 17.2. The first-order valence-corrected chi connectivity index (χ1v) is 12.0. The predicted molar refractivity (Wildman–Crippen MR) is 115 cm³/mol. The Kier molecular flexibility index (Phi) is 7.64. The topological polar surface area (TPSA) is 70.9 Å². The van der Waals surface area contributed by atoms with Gasteiger partial charge in [-0.2, -0.15) is 4.31 Å². The van der Waals surface area contributed by atoms with Crippen molar-refractivity contribution >= 4 is 26.7 Å². The summed E-state index contributed by atoms with van der Waals surface area (Å²) in [7, 11) is -3.51. The van der Waals surface area contributed by atoms with Gasteiger partial charge in [-0.1, -0.05) is 56.5 Å². The monoisotopic (exact) mass is 418 g/mol. The summed E-state index contributed by atoms with van der Waals surface area (Å²) < 4.78 is 27.6. The third kappa shape index (κ3) is 5.78. The zero-order valence-corrected chi connectivity index (χ0v) is 18.0. The van der Waals surface area contributed by atoms with Gasteiger partial charge in [-0.15, -0.1) is 0 Å². The Hall–Kier alpha value is -1.96. The molecule has 0 aliphatic carbocycles. The van der Waals surface area contributed by atoms with Crippen molar-refractivity contribution in [2.45, 2.75) is 37.5 Å². The first-order valence-electron chi connectivity index (χ1n) is 10.6. The van der Waals surface area contributed by atoms with E-state index in [2.05, 4.69) is 12.2 Å². The molecule has 1 heterocycles. The van der Waals surface area contributed by atoms with E-state index >= 15 is 0 Å². The molecule has 0 aromatic heterocycles. The van der Waals surface area contributed by atoms with Crippen LogP contribution in [0.3, 0.4) is 0 Å². The molecule has 2 N–H and O–H groups in total. The van der Waals surface area contributed by atoms with Gasteiger partial charge in [0.25, 0.3) is 5.91 Å². The molecule has 0 spiro atoms. The maximum absolute atomic E-state index is 13.0. The average Bonchev–Trinajstić information content (AvgIpc) is 2.73. The van der Waals surface area contributed by atoms with E-state index in [1.54, 1.807) is 16.4 Å². The molecular weight excluding hydrogens is 386 g/mol. The first-order chi connectivity index (χ1) is 14.0. The van der Waals surface area contributed by atoms with E-state index in [0.29, 0.717) is 37.6 Å². The number of carbonyl (C=O) groups is 1. The lowest BCUT2D eigenvalue weighted by Gasteiger charge is -2.31. The molecule has 0 saturated carbocycles. The number of sulfonamides is 1. The Bertz CT molecular complexity index is 922. The predicted octanol–water partition coefficient (Wildman–Crippen LogP) is 1.43. The summed E-state index contributed by atoms with van der Waals surface area (Å²) in [5.74, 6) is 0.0577. The maximum atomic E-state index is 13.0. The van der Waals surface area contributed by atoms with Crippen LogP contribution in [-0.2, 0) is 14.8 Å². The molecule has 0 radical (unpaired) electrons. The van der Waals surface area contributed by atoms with Gasteiger partial charge in [-0.25, -0.2) is 8.42 Å². The fourth-order valence-corrected chi connectivity index (χ4v) is 5.24. The summed E-state index contributed by atoms with van der Waals surface area (Å²) in [6.07, 6.45) is 4.56. The Morgan fingerprint density at radius 1 is 1.03 bits per heavy atom. The fraction of sp³-hybridized carbons (Fsp3) is 0.500. The number of carbonyl (C=O) groups excluding carboxylic acids is 1. The Labute approximate surface area is 173 Å². The summed E-state index contributed by atoms with van der Waals surface area (Å²) in [6.45, 7) is 5.49. The van der Waals surface area contributed by atoms with Crippen molar-refractivity contribution in [1.82, 2.24) is 9.62 Å². The second kappa shape index (κ2) is 10.2. The number of amides is 1. The number of hydrogen-bond donors (Lipinski definition) is 2. The molecule has 7 heteroatoms. The van der Waals surface area contributed by atoms with Crippen LogP contribution in [0.15, 0.2) is 47.4 Å². The summed E-state index contributed by atoms with van der Waals surface area (Å²) in [5.41, 5.74) is 0. The highest BCUT2D eigenvalue weighted by molar-refractivity contribution is 7.89. The molecule has 3 rings (SSSR count). The minimum absolute atomic E-state index is 0.0577. The first kappa shape index (κ1) is 21.7. The number of benzene rings is 2. The summed E-state index contributed by atoms with van der Waals surface area (Å²) in [4.78, 5) is 13.6. The molecule has 29 heavy (non-hydrogen) atoms. The molecule has 0 unspecified atom stereocenters. The van der Waals surface area contributed by atoms with Crippen LogP contribution in [0.1, 0.15) is 32.6 Å². The van der Waals surface area contributed by atoms with E-state index in [9.17, 15) is 13.2 Å². The third-order valence-corrected chi connectivity index (χ3v) is 7.45. The van der Waals surface area contributed by atoms with E-state index in [-0.39, 0.29) is 5.91 Å². The van der Waals surface area contributed by atoms with Gasteiger partial charge in [0.15, 0.2) is 6.54 Å². The van der Waals surface area contributed by atoms with Crippen LogP contribution >= 0.6 is 0 Å². The molecule has 1 fully saturated rings. The molecule has 1 aliphatic rings. The molecule has 1 saturated heterocycles. The van der Waals surface area contributed by atoms with Crippen molar-refractivity contribution < 1.29 is 18.1 Å². The van der Waals surface area contributed by atoms with E-state index in [1.165, 1.54) is 12.8 Å². The van der Waals surface area contributed by atoms with Crippen molar-refractivity contribution in [3.63, 3.8) is 0 Å². The largest absolute Gasteiger partial charge is 0.351 e. The van der Waals surface area contributed by atoms with Crippen LogP contribution < -0.4 is 10.2 Å². The van der Waals surface area contributed by atoms with E-state index in [4.69, 9.17) is 0 Å². The number of nitrogens with one attached hydrogen (secondary N) is 2. The highest BCUT2D eigenvalue weighted by atomic mass is 32.2. The van der Waals surface area contributed by atoms with E-state index in [0.717, 1.165) is 35.1 Å². The Balaban J connectivity index is 1.50. The lowest BCUT2D eigenvalue weighted by Crippen LogP contribution is -3.15. The van der Waals surface area contributed by atoms with E-state index < -0.39 is 10.0 Å². The van der Waals surface area contributed by atoms with Gasteiger partial charge >= 0.3 is 0 Å². The van der Waals surface area contributed by atoms with Crippen molar-refractivity contribution in [3.8, 4) is 0 Å². The zero-order chi connectivity index (χ0) is 20.7. The standard InChI is InChI=1S/C22H31N3O3S/c1-2-3-4-7-12-23-22(26)18-24-13-15-25(16-14-24)29(27,28)21-11-10-19-8-5-6-9-20(19)17-21/h5-6,8-11,17H,2-4,7,12-16,18H2,1H3,(H,23,26)/p+1. The smallest absolute Gasteiger partial charge is 0.275 e. The summed E-state index contributed by atoms with van der Waals surface area (Å²) in [6, 6.07) is 13.0. The second-order valence-electron chi connectivity index (χ2n) is 7.75. The molecule has 2 aromatic rings. The Morgan fingerprint density at radius 2 is 1.76 bits per heavy atom.